The van der Waals surface area contributed by atoms with Crippen LogP contribution >= 0.6 is 0 Å². The van der Waals surface area contributed by atoms with Crippen molar-refractivity contribution in [2.45, 2.75) is 51.7 Å². The van der Waals surface area contributed by atoms with E-state index in [0.717, 1.165) is 25.3 Å². The Kier molecular flexibility index (Phi) is 4.35. The monoisotopic (exact) mass is 254 g/mol. The molecule has 2 rings (SSSR count). The second-order valence-electron chi connectivity index (χ2n) is 7.25. The number of likely N-dealkylation sites (tertiary alicyclic amines) is 1. The fraction of sp³-hybridized carbons (Fsp3) is 1.00. The highest BCUT2D eigenvalue weighted by molar-refractivity contribution is 4.93. The third-order valence-corrected chi connectivity index (χ3v) is 5.09. The first-order valence-corrected chi connectivity index (χ1v) is 7.47. The molecule has 0 bridgehead atoms. The number of hydrogen-bond donors (Lipinski definition) is 1. The molecule has 2 aliphatic rings. The van der Waals surface area contributed by atoms with Gasteiger partial charge in [-0.15, -0.1) is 0 Å². The van der Waals surface area contributed by atoms with Crippen molar-refractivity contribution < 1.29 is 5.11 Å². The molecule has 0 amide bonds. The lowest BCUT2D eigenvalue weighted by atomic mass is 9.72. The molecule has 1 N–H and O–H groups in total. The minimum absolute atomic E-state index is 0.0869. The standard InChI is InChI=1S/C15H30N2O/c1-15(2)8-5-6-13(14(15)18)17(4)11-12-7-9-16(3)10-12/h12-14,18H,5-11H2,1-4H3. The SMILES string of the molecule is CN1CCC(CN(C)C2CCCC(C)(C)C2O)C1. The summed E-state index contributed by atoms with van der Waals surface area (Å²) in [4.78, 5) is 4.84. The van der Waals surface area contributed by atoms with E-state index in [2.05, 4.69) is 37.7 Å². The number of aliphatic hydroxyl groups is 1. The molecule has 3 atom stereocenters. The van der Waals surface area contributed by atoms with Gasteiger partial charge in [-0.1, -0.05) is 20.3 Å². The first-order valence-electron chi connectivity index (χ1n) is 7.47. The van der Waals surface area contributed by atoms with Gasteiger partial charge in [-0.05, 0) is 51.2 Å². The van der Waals surface area contributed by atoms with Gasteiger partial charge < -0.3 is 14.9 Å². The van der Waals surface area contributed by atoms with Gasteiger partial charge in [0.05, 0.1) is 6.10 Å². The molecule has 0 spiro atoms. The van der Waals surface area contributed by atoms with Gasteiger partial charge in [0, 0.05) is 19.1 Å². The van der Waals surface area contributed by atoms with E-state index in [0.29, 0.717) is 6.04 Å². The minimum Gasteiger partial charge on any atom is -0.391 e. The van der Waals surface area contributed by atoms with Crippen LogP contribution in [-0.4, -0.2) is 60.8 Å². The lowest BCUT2D eigenvalue weighted by Crippen LogP contribution is -2.52. The zero-order chi connectivity index (χ0) is 13.3. The molecule has 1 saturated carbocycles. The van der Waals surface area contributed by atoms with Crippen molar-refractivity contribution in [3.63, 3.8) is 0 Å². The smallest absolute Gasteiger partial charge is 0.0746 e. The molecular weight excluding hydrogens is 224 g/mol. The van der Waals surface area contributed by atoms with Gasteiger partial charge in [0.1, 0.15) is 0 Å². The van der Waals surface area contributed by atoms with Gasteiger partial charge in [0.25, 0.3) is 0 Å². The average Bonchev–Trinajstić information content (AvgIpc) is 2.68. The van der Waals surface area contributed by atoms with Crippen molar-refractivity contribution in [1.29, 1.82) is 0 Å². The summed E-state index contributed by atoms with van der Waals surface area (Å²) in [6.45, 7) is 8.01. The van der Waals surface area contributed by atoms with E-state index in [1.807, 2.05) is 0 Å². The van der Waals surface area contributed by atoms with Crippen LogP contribution in [0.25, 0.3) is 0 Å². The molecule has 3 unspecified atom stereocenters. The Balaban J connectivity index is 1.90. The van der Waals surface area contributed by atoms with Gasteiger partial charge in [0.2, 0.25) is 0 Å². The summed E-state index contributed by atoms with van der Waals surface area (Å²) >= 11 is 0. The maximum atomic E-state index is 10.5. The number of hydrogen-bond acceptors (Lipinski definition) is 3. The second kappa shape index (κ2) is 5.48. The van der Waals surface area contributed by atoms with Crippen molar-refractivity contribution in [3.05, 3.63) is 0 Å². The van der Waals surface area contributed by atoms with Crippen LogP contribution in [0, 0.1) is 11.3 Å². The van der Waals surface area contributed by atoms with Crippen LogP contribution in [0.15, 0.2) is 0 Å². The first-order chi connectivity index (χ1) is 8.40. The van der Waals surface area contributed by atoms with Crippen molar-refractivity contribution in [1.82, 2.24) is 9.80 Å². The summed E-state index contributed by atoms with van der Waals surface area (Å²) in [5.74, 6) is 0.789. The number of nitrogens with zero attached hydrogens (tertiary/aromatic N) is 2. The largest absolute Gasteiger partial charge is 0.391 e. The Morgan fingerprint density at radius 3 is 2.67 bits per heavy atom. The lowest BCUT2D eigenvalue weighted by molar-refractivity contribution is -0.0530. The Bertz CT molecular complexity index is 280. The summed E-state index contributed by atoms with van der Waals surface area (Å²) in [6, 6.07) is 0.361. The van der Waals surface area contributed by atoms with Gasteiger partial charge in [-0.3, -0.25) is 0 Å². The molecule has 18 heavy (non-hydrogen) atoms. The van der Waals surface area contributed by atoms with Crippen molar-refractivity contribution in [3.8, 4) is 0 Å². The molecular formula is C15H30N2O. The summed E-state index contributed by atoms with van der Waals surface area (Å²) in [5, 5.41) is 10.5. The van der Waals surface area contributed by atoms with Gasteiger partial charge in [-0.2, -0.15) is 0 Å². The summed E-state index contributed by atoms with van der Waals surface area (Å²) in [7, 11) is 4.41. The van der Waals surface area contributed by atoms with Crippen LogP contribution in [-0.2, 0) is 0 Å². The number of likely N-dealkylation sites (N-methyl/N-ethyl adjacent to an activating group) is 1. The fourth-order valence-corrected chi connectivity index (χ4v) is 3.77. The van der Waals surface area contributed by atoms with Crippen LogP contribution in [0.5, 0.6) is 0 Å². The molecule has 3 nitrogen and oxygen atoms in total. The van der Waals surface area contributed by atoms with E-state index in [9.17, 15) is 5.11 Å². The quantitative estimate of drug-likeness (QED) is 0.832. The molecule has 106 valence electrons. The minimum atomic E-state index is -0.171. The maximum absolute atomic E-state index is 10.5. The van der Waals surface area contributed by atoms with Crippen LogP contribution in [0.4, 0.5) is 0 Å². The van der Waals surface area contributed by atoms with E-state index in [4.69, 9.17) is 0 Å². The van der Waals surface area contributed by atoms with Crippen LogP contribution in [0.1, 0.15) is 39.5 Å². The molecule has 0 radical (unpaired) electrons. The van der Waals surface area contributed by atoms with E-state index >= 15 is 0 Å². The Morgan fingerprint density at radius 2 is 2.06 bits per heavy atom. The second-order valence-corrected chi connectivity index (χ2v) is 7.25. The molecule has 2 fully saturated rings. The molecule has 0 aromatic carbocycles. The Morgan fingerprint density at radius 1 is 1.33 bits per heavy atom. The van der Waals surface area contributed by atoms with Crippen molar-refractivity contribution in [2.75, 3.05) is 33.7 Å². The molecule has 1 aliphatic carbocycles. The number of rotatable bonds is 3. The van der Waals surface area contributed by atoms with Crippen molar-refractivity contribution >= 4 is 0 Å². The zero-order valence-electron chi connectivity index (χ0n) is 12.5. The summed E-state index contributed by atoms with van der Waals surface area (Å²) in [5.41, 5.74) is 0.0869. The van der Waals surface area contributed by atoms with Crippen LogP contribution in [0.3, 0.4) is 0 Å². The van der Waals surface area contributed by atoms with Crippen LogP contribution in [0.2, 0.25) is 0 Å². The zero-order valence-corrected chi connectivity index (χ0v) is 12.5. The van der Waals surface area contributed by atoms with E-state index in [1.165, 1.54) is 25.9 Å². The predicted octanol–water partition coefficient (Wildman–Crippen LogP) is 1.81. The van der Waals surface area contributed by atoms with Gasteiger partial charge >= 0.3 is 0 Å². The normalized spacial score (nSPS) is 37.3. The number of aliphatic hydroxyl groups excluding tert-OH is 1. The van der Waals surface area contributed by atoms with E-state index in [1.54, 1.807) is 0 Å². The third-order valence-electron chi connectivity index (χ3n) is 5.09. The molecule has 1 saturated heterocycles. The van der Waals surface area contributed by atoms with Gasteiger partial charge in [0.15, 0.2) is 0 Å². The predicted molar refractivity (Wildman–Crippen MR) is 75.7 cm³/mol. The summed E-state index contributed by atoms with van der Waals surface area (Å²) in [6.07, 6.45) is 4.71. The molecule has 0 aromatic heterocycles. The van der Waals surface area contributed by atoms with E-state index in [-0.39, 0.29) is 11.5 Å². The van der Waals surface area contributed by atoms with Crippen molar-refractivity contribution in [2.24, 2.45) is 11.3 Å². The van der Waals surface area contributed by atoms with Crippen LogP contribution < -0.4 is 0 Å². The topological polar surface area (TPSA) is 26.7 Å². The molecule has 3 heteroatoms. The van der Waals surface area contributed by atoms with E-state index < -0.39 is 0 Å². The highest BCUT2D eigenvalue weighted by Gasteiger charge is 2.39. The summed E-state index contributed by atoms with van der Waals surface area (Å²) < 4.78 is 0. The highest BCUT2D eigenvalue weighted by Crippen LogP contribution is 2.37. The Hall–Kier alpha value is -0.120. The van der Waals surface area contributed by atoms with Gasteiger partial charge in [-0.25, -0.2) is 0 Å². The Labute approximate surface area is 112 Å². The maximum Gasteiger partial charge on any atom is 0.0746 e. The average molecular weight is 254 g/mol. The molecule has 1 aliphatic heterocycles. The molecule has 1 heterocycles. The highest BCUT2D eigenvalue weighted by atomic mass is 16.3. The first kappa shape index (κ1) is 14.3. The third kappa shape index (κ3) is 3.06. The molecule has 0 aromatic rings. The lowest BCUT2D eigenvalue weighted by Gasteiger charge is -2.45. The fourth-order valence-electron chi connectivity index (χ4n) is 3.77.